The van der Waals surface area contributed by atoms with Crippen molar-refractivity contribution < 1.29 is 9.31 Å². The maximum absolute atomic E-state index is 14.0. The predicted octanol–water partition coefficient (Wildman–Crippen LogP) is 3.67. The summed E-state index contributed by atoms with van der Waals surface area (Å²) in [5, 5.41) is 10.7. The molecule has 5 heteroatoms. The number of halogens is 1. The number of benzene rings is 2. The van der Waals surface area contributed by atoms with Gasteiger partial charge in [-0.15, -0.1) is 0 Å². The lowest BCUT2D eigenvalue weighted by molar-refractivity contribution is -0.387. The van der Waals surface area contributed by atoms with E-state index in [9.17, 15) is 14.5 Å². The van der Waals surface area contributed by atoms with Crippen LogP contribution < -0.4 is 0 Å². The van der Waals surface area contributed by atoms with Gasteiger partial charge in [0.25, 0.3) is 0 Å². The molecule has 2 aromatic rings. The largest absolute Gasteiger partial charge is 0.305 e. The Morgan fingerprint density at radius 1 is 1.19 bits per heavy atom. The van der Waals surface area contributed by atoms with Gasteiger partial charge in [-0.2, -0.15) is 4.39 Å². The second kappa shape index (κ2) is 6.45. The van der Waals surface area contributed by atoms with E-state index in [0.717, 1.165) is 5.56 Å². The molecule has 0 atom stereocenters. The third kappa shape index (κ3) is 3.86. The van der Waals surface area contributed by atoms with Crippen LogP contribution in [0.4, 0.5) is 10.1 Å². The summed E-state index contributed by atoms with van der Waals surface area (Å²) in [5.74, 6) is -0.751. The lowest BCUT2D eigenvalue weighted by atomic mass is 10.1. The first-order valence-corrected chi connectivity index (χ1v) is 6.63. The molecule has 0 unspecified atom stereocenters. The van der Waals surface area contributed by atoms with E-state index in [1.54, 1.807) is 6.07 Å². The third-order valence-electron chi connectivity index (χ3n) is 3.23. The smallest absolute Gasteiger partial charge is 0.298 e. The highest BCUT2D eigenvalue weighted by molar-refractivity contribution is 5.36. The van der Waals surface area contributed by atoms with Gasteiger partial charge in [0.2, 0.25) is 5.82 Å². The Morgan fingerprint density at radius 3 is 2.57 bits per heavy atom. The molecule has 0 aliphatic carbocycles. The Balaban J connectivity index is 2.11. The minimum atomic E-state index is -0.751. The molecule has 110 valence electrons. The Hall–Kier alpha value is -2.27. The molecule has 0 heterocycles. The van der Waals surface area contributed by atoms with Crippen LogP contribution in [0.25, 0.3) is 0 Å². The van der Waals surface area contributed by atoms with Gasteiger partial charge in [-0.1, -0.05) is 42.0 Å². The Labute approximate surface area is 123 Å². The monoisotopic (exact) mass is 288 g/mol. The standard InChI is InChI=1S/C16H17FN2O2/c1-12-5-3-6-13(9-12)10-18(2)11-14-7-4-8-15(16(14)17)19(20)21/h3-9H,10-11H2,1-2H3. The van der Waals surface area contributed by atoms with Crippen LogP contribution in [0.2, 0.25) is 0 Å². The second-order valence-electron chi connectivity index (χ2n) is 5.17. The van der Waals surface area contributed by atoms with E-state index in [2.05, 4.69) is 6.07 Å². The number of nitro benzene ring substituents is 1. The van der Waals surface area contributed by atoms with E-state index in [1.807, 2.05) is 37.1 Å². The summed E-state index contributed by atoms with van der Waals surface area (Å²) < 4.78 is 14.0. The van der Waals surface area contributed by atoms with Crippen molar-refractivity contribution in [3.05, 3.63) is 75.1 Å². The SMILES string of the molecule is Cc1cccc(CN(C)Cc2cccc([N+](=O)[O-])c2F)c1. The molecule has 0 bridgehead atoms. The molecule has 2 rings (SSSR count). The fraction of sp³-hybridized carbons (Fsp3) is 0.250. The molecule has 0 saturated heterocycles. The van der Waals surface area contributed by atoms with E-state index in [1.165, 1.54) is 17.7 Å². The number of aryl methyl sites for hydroxylation is 1. The molecule has 0 aliphatic heterocycles. The molecular formula is C16H17FN2O2. The zero-order chi connectivity index (χ0) is 15.4. The van der Waals surface area contributed by atoms with Crippen LogP contribution in [0.5, 0.6) is 0 Å². The molecule has 0 spiro atoms. The van der Waals surface area contributed by atoms with Gasteiger partial charge in [-0.05, 0) is 19.5 Å². The Morgan fingerprint density at radius 2 is 1.90 bits per heavy atom. The Kier molecular flexibility index (Phi) is 4.65. The number of nitrogens with zero attached hydrogens (tertiary/aromatic N) is 2. The first-order chi connectivity index (χ1) is 9.97. The van der Waals surface area contributed by atoms with E-state index < -0.39 is 16.4 Å². The summed E-state index contributed by atoms with van der Waals surface area (Å²) in [6.45, 7) is 3.00. The van der Waals surface area contributed by atoms with Crippen LogP contribution in [-0.4, -0.2) is 16.9 Å². The summed E-state index contributed by atoms with van der Waals surface area (Å²) >= 11 is 0. The van der Waals surface area contributed by atoms with Gasteiger partial charge in [-0.25, -0.2) is 0 Å². The van der Waals surface area contributed by atoms with Crippen molar-refractivity contribution in [2.75, 3.05) is 7.05 Å². The van der Waals surface area contributed by atoms with Crippen molar-refractivity contribution in [2.45, 2.75) is 20.0 Å². The molecule has 0 N–H and O–H groups in total. The first-order valence-electron chi connectivity index (χ1n) is 6.63. The van der Waals surface area contributed by atoms with Crippen LogP contribution in [0, 0.1) is 22.9 Å². The molecular weight excluding hydrogens is 271 g/mol. The molecule has 21 heavy (non-hydrogen) atoms. The van der Waals surface area contributed by atoms with Gasteiger partial charge < -0.3 is 0 Å². The maximum atomic E-state index is 14.0. The van der Waals surface area contributed by atoms with Crippen LogP contribution in [-0.2, 0) is 13.1 Å². The van der Waals surface area contributed by atoms with Gasteiger partial charge in [0.05, 0.1) is 4.92 Å². The van der Waals surface area contributed by atoms with Crippen molar-refractivity contribution >= 4 is 5.69 Å². The highest BCUT2D eigenvalue weighted by Gasteiger charge is 2.17. The van der Waals surface area contributed by atoms with Crippen LogP contribution in [0.15, 0.2) is 42.5 Å². The van der Waals surface area contributed by atoms with Crippen LogP contribution in [0.3, 0.4) is 0 Å². The quantitative estimate of drug-likeness (QED) is 0.623. The first kappa shape index (κ1) is 15.1. The number of hydrogen-bond donors (Lipinski definition) is 0. The van der Waals surface area contributed by atoms with E-state index in [0.29, 0.717) is 18.7 Å². The van der Waals surface area contributed by atoms with Gasteiger partial charge in [0.1, 0.15) is 0 Å². The summed E-state index contributed by atoms with van der Waals surface area (Å²) in [6, 6.07) is 12.3. The fourth-order valence-electron chi connectivity index (χ4n) is 2.30. The molecule has 0 amide bonds. The Bertz CT molecular complexity index is 658. The van der Waals surface area contributed by atoms with Crippen molar-refractivity contribution in [1.82, 2.24) is 4.90 Å². The van der Waals surface area contributed by atoms with Gasteiger partial charge in [0.15, 0.2) is 0 Å². The zero-order valence-corrected chi connectivity index (χ0v) is 12.0. The highest BCUT2D eigenvalue weighted by atomic mass is 19.1. The van der Waals surface area contributed by atoms with Crippen molar-refractivity contribution in [2.24, 2.45) is 0 Å². The molecule has 4 nitrogen and oxygen atoms in total. The topological polar surface area (TPSA) is 46.4 Å². The molecule has 0 saturated carbocycles. The molecule has 0 aliphatic rings. The highest BCUT2D eigenvalue weighted by Crippen LogP contribution is 2.21. The minimum absolute atomic E-state index is 0.321. The third-order valence-corrected chi connectivity index (χ3v) is 3.23. The molecule has 0 radical (unpaired) electrons. The minimum Gasteiger partial charge on any atom is -0.298 e. The summed E-state index contributed by atoms with van der Waals surface area (Å²) in [5.41, 5.74) is 2.15. The summed E-state index contributed by atoms with van der Waals surface area (Å²) in [6.07, 6.45) is 0. The number of nitro groups is 1. The van der Waals surface area contributed by atoms with E-state index >= 15 is 0 Å². The van der Waals surface area contributed by atoms with Crippen molar-refractivity contribution in [1.29, 1.82) is 0 Å². The van der Waals surface area contributed by atoms with Crippen LogP contribution in [0.1, 0.15) is 16.7 Å². The lowest BCUT2D eigenvalue weighted by Gasteiger charge is -2.17. The van der Waals surface area contributed by atoms with Gasteiger partial charge in [0, 0.05) is 24.7 Å². The van der Waals surface area contributed by atoms with Gasteiger partial charge >= 0.3 is 5.69 Å². The van der Waals surface area contributed by atoms with Crippen molar-refractivity contribution in [3.63, 3.8) is 0 Å². The molecule has 0 fully saturated rings. The second-order valence-corrected chi connectivity index (χ2v) is 5.17. The average Bonchev–Trinajstić information content (AvgIpc) is 2.40. The maximum Gasteiger partial charge on any atom is 0.305 e. The normalized spacial score (nSPS) is 10.9. The van der Waals surface area contributed by atoms with E-state index in [-0.39, 0.29) is 0 Å². The average molecular weight is 288 g/mol. The lowest BCUT2D eigenvalue weighted by Crippen LogP contribution is -2.18. The summed E-state index contributed by atoms with van der Waals surface area (Å²) in [7, 11) is 1.86. The molecule has 0 aromatic heterocycles. The van der Waals surface area contributed by atoms with Crippen molar-refractivity contribution in [3.8, 4) is 0 Å². The number of rotatable bonds is 5. The number of hydrogen-bond acceptors (Lipinski definition) is 3. The zero-order valence-electron chi connectivity index (χ0n) is 12.0. The predicted molar refractivity (Wildman–Crippen MR) is 79.4 cm³/mol. The van der Waals surface area contributed by atoms with Crippen LogP contribution >= 0.6 is 0 Å². The summed E-state index contributed by atoms with van der Waals surface area (Å²) in [4.78, 5) is 12.0. The van der Waals surface area contributed by atoms with Gasteiger partial charge in [-0.3, -0.25) is 15.0 Å². The fourth-order valence-corrected chi connectivity index (χ4v) is 2.30. The molecule has 2 aromatic carbocycles. The van der Waals surface area contributed by atoms with E-state index in [4.69, 9.17) is 0 Å².